The lowest BCUT2D eigenvalue weighted by molar-refractivity contribution is 0.0991. The average molecular weight is 283 g/mol. The Morgan fingerprint density at radius 3 is 2.95 bits per heavy atom. The van der Waals surface area contributed by atoms with Gasteiger partial charge in [0.1, 0.15) is 0 Å². The highest BCUT2D eigenvalue weighted by molar-refractivity contribution is 5.79. The maximum absolute atomic E-state index is 5.99. The maximum Gasteiger partial charge on any atom is 0.0705 e. The van der Waals surface area contributed by atoms with Gasteiger partial charge in [-0.25, -0.2) is 0 Å². The van der Waals surface area contributed by atoms with Crippen LogP contribution in [0.15, 0.2) is 30.3 Å². The summed E-state index contributed by atoms with van der Waals surface area (Å²) >= 11 is 0. The van der Waals surface area contributed by atoms with Crippen molar-refractivity contribution < 1.29 is 0 Å². The molecule has 1 aliphatic rings. The number of hydrogen-bond donors (Lipinski definition) is 1. The van der Waals surface area contributed by atoms with Crippen LogP contribution < -0.4 is 5.73 Å². The Balaban J connectivity index is 1.82. The Hall–Kier alpha value is -1.45. The lowest BCUT2D eigenvalue weighted by Gasteiger charge is -2.39. The summed E-state index contributed by atoms with van der Waals surface area (Å²) in [7, 11) is 0. The van der Waals surface area contributed by atoms with E-state index in [0.29, 0.717) is 12.0 Å². The minimum Gasteiger partial charge on any atom is -0.329 e. The second-order valence-electron chi connectivity index (χ2n) is 6.37. The van der Waals surface area contributed by atoms with Crippen molar-refractivity contribution >= 4 is 10.9 Å². The van der Waals surface area contributed by atoms with E-state index in [0.717, 1.165) is 30.8 Å². The van der Waals surface area contributed by atoms with Crippen molar-refractivity contribution in [2.45, 2.75) is 39.3 Å². The van der Waals surface area contributed by atoms with Gasteiger partial charge in [0.05, 0.1) is 5.52 Å². The molecule has 2 heterocycles. The molecule has 1 aromatic heterocycles. The van der Waals surface area contributed by atoms with Crippen LogP contribution in [-0.2, 0) is 6.54 Å². The fraction of sp³-hybridized carbons (Fsp3) is 0.500. The quantitative estimate of drug-likeness (QED) is 0.941. The lowest BCUT2D eigenvalue weighted by atomic mass is 9.90. The molecule has 0 bridgehead atoms. The van der Waals surface area contributed by atoms with Gasteiger partial charge in [0, 0.05) is 30.2 Å². The van der Waals surface area contributed by atoms with Crippen molar-refractivity contribution in [2.24, 2.45) is 11.7 Å². The molecule has 0 spiro atoms. The standard InChI is InChI=1S/C18H25N3/c1-13-4-3-9-21(18(13)11-19)12-15-6-8-17-16(10-15)7-5-14(2)20-17/h5-8,10,13,18H,3-4,9,11-12,19H2,1-2H3. The lowest BCUT2D eigenvalue weighted by Crippen LogP contribution is -2.47. The van der Waals surface area contributed by atoms with Crippen molar-refractivity contribution in [3.63, 3.8) is 0 Å². The fourth-order valence-corrected chi connectivity index (χ4v) is 3.52. The Kier molecular flexibility index (Phi) is 4.22. The van der Waals surface area contributed by atoms with Crippen LogP contribution in [0.2, 0.25) is 0 Å². The Morgan fingerprint density at radius 1 is 1.29 bits per heavy atom. The molecular weight excluding hydrogens is 258 g/mol. The Morgan fingerprint density at radius 2 is 2.14 bits per heavy atom. The first-order chi connectivity index (χ1) is 10.2. The third kappa shape index (κ3) is 3.09. The van der Waals surface area contributed by atoms with E-state index in [-0.39, 0.29) is 0 Å². The fourth-order valence-electron chi connectivity index (χ4n) is 3.52. The highest BCUT2D eigenvalue weighted by Gasteiger charge is 2.27. The number of nitrogens with zero attached hydrogens (tertiary/aromatic N) is 2. The molecule has 0 aliphatic carbocycles. The van der Waals surface area contributed by atoms with Gasteiger partial charge in [-0.15, -0.1) is 0 Å². The van der Waals surface area contributed by atoms with Gasteiger partial charge < -0.3 is 5.73 Å². The Labute approximate surface area is 127 Å². The minimum atomic E-state index is 0.519. The van der Waals surface area contributed by atoms with E-state index in [1.54, 1.807) is 0 Å². The van der Waals surface area contributed by atoms with Crippen molar-refractivity contribution in [1.82, 2.24) is 9.88 Å². The normalized spacial score (nSPS) is 23.6. The summed E-state index contributed by atoms with van der Waals surface area (Å²) in [5.41, 5.74) is 9.51. The molecule has 0 saturated carbocycles. The molecular formula is C18H25N3. The van der Waals surface area contributed by atoms with Gasteiger partial charge in [-0.1, -0.05) is 19.1 Å². The molecule has 3 heteroatoms. The van der Waals surface area contributed by atoms with Crippen LogP contribution in [0.1, 0.15) is 31.0 Å². The maximum atomic E-state index is 5.99. The number of likely N-dealkylation sites (tertiary alicyclic amines) is 1. The van der Waals surface area contributed by atoms with E-state index in [1.807, 2.05) is 6.92 Å². The van der Waals surface area contributed by atoms with Crippen molar-refractivity contribution in [1.29, 1.82) is 0 Å². The first-order valence-electron chi connectivity index (χ1n) is 7.98. The third-order valence-corrected chi connectivity index (χ3v) is 4.75. The van der Waals surface area contributed by atoms with E-state index < -0.39 is 0 Å². The number of fused-ring (bicyclic) bond motifs is 1. The average Bonchev–Trinajstić information content (AvgIpc) is 2.48. The summed E-state index contributed by atoms with van der Waals surface area (Å²) in [5.74, 6) is 0.702. The largest absolute Gasteiger partial charge is 0.329 e. The van der Waals surface area contributed by atoms with Crippen LogP contribution in [0, 0.1) is 12.8 Å². The van der Waals surface area contributed by atoms with Gasteiger partial charge in [-0.05, 0) is 56.0 Å². The van der Waals surface area contributed by atoms with Crippen molar-refractivity contribution in [2.75, 3.05) is 13.1 Å². The molecule has 2 aromatic rings. The highest BCUT2D eigenvalue weighted by atomic mass is 15.2. The van der Waals surface area contributed by atoms with Crippen LogP contribution in [0.3, 0.4) is 0 Å². The number of aryl methyl sites for hydroxylation is 1. The Bertz CT molecular complexity index is 623. The topological polar surface area (TPSA) is 42.1 Å². The zero-order valence-corrected chi connectivity index (χ0v) is 13.0. The van der Waals surface area contributed by atoms with Crippen LogP contribution in [0.5, 0.6) is 0 Å². The highest BCUT2D eigenvalue weighted by Crippen LogP contribution is 2.25. The smallest absolute Gasteiger partial charge is 0.0705 e. The molecule has 1 saturated heterocycles. The number of piperidine rings is 1. The SMILES string of the molecule is Cc1ccc2cc(CN3CCCC(C)C3CN)ccc2n1. The number of nitrogens with two attached hydrogens (primary N) is 1. The molecule has 0 amide bonds. The summed E-state index contributed by atoms with van der Waals surface area (Å²) in [5, 5.41) is 1.23. The van der Waals surface area contributed by atoms with Gasteiger partial charge in [-0.2, -0.15) is 0 Å². The van der Waals surface area contributed by atoms with E-state index in [2.05, 4.69) is 47.1 Å². The monoisotopic (exact) mass is 283 g/mol. The molecule has 3 nitrogen and oxygen atoms in total. The van der Waals surface area contributed by atoms with Gasteiger partial charge in [0.15, 0.2) is 0 Å². The van der Waals surface area contributed by atoms with Crippen LogP contribution in [0.25, 0.3) is 10.9 Å². The van der Waals surface area contributed by atoms with Crippen molar-refractivity contribution in [3.8, 4) is 0 Å². The molecule has 2 unspecified atom stereocenters. The molecule has 3 rings (SSSR count). The summed E-state index contributed by atoms with van der Waals surface area (Å²) in [6, 6.07) is 11.4. The van der Waals surface area contributed by atoms with E-state index in [4.69, 9.17) is 5.73 Å². The molecule has 0 radical (unpaired) electrons. The molecule has 2 atom stereocenters. The third-order valence-electron chi connectivity index (χ3n) is 4.75. The zero-order chi connectivity index (χ0) is 14.8. The van der Waals surface area contributed by atoms with E-state index in [9.17, 15) is 0 Å². The minimum absolute atomic E-state index is 0.519. The van der Waals surface area contributed by atoms with Crippen molar-refractivity contribution in [3.05, 3.63) is 41.6 Å². The number of aromatic nitrogens is 1. The predicted octanol–water partition coefficient (Wildman–Crippen LogP) is 3.10. The van der Waals surface area contributed by atoms with E-state index in [1.165, 1.54) is 23.8 Å². The summed E-state index contributed by atoms with van der Waals surface area (Å²) in [4.78, 5) is 7.13. The van der Waals surface area contributed by atoms with Gasteiger partial charge in [0.25, 0.3) is 0 Å². The summed E-state index contributed by atoms with van der Waals surface area (Å²) < 4.78 is 0. The van der Waals surface area contributed by atoms with Gasteiger partial charge in [0.2, 0.25) is 0 Å². The zero-order valence-electron chi connectivity index (χ0n) is 13.0. The number of rotatable bonds is 3. The predicted molar refractivity (Wildman–Crippen MR) is 88.1 cm³/mol. The van der Waals surface area contributed by atoms with Crippen LogP contribution in [-0.4, -0.2) is 29.0 Å². The number of pyridine rings is 1. The summed E-state index contributed by atoms with van der Waals surface area (Å²) in [6.07, 6.45) is 2.59. The molecule has 21 heavy (non-hydrogen) atoms. The van der Waals surface area contributed by atoms with Gasteiger partial charge >= 0.3 is 0 Å². The first kappa shape index (κ1) is 14.5. The number of hydrogen-bond acceptors (Lipinski definition) is 3. The molecule has 2 N–H and O–H groups in total. The van der Waals surface area contributed by atoms with Crippen LogP contribution in [0.4, 0.5) is 0 Å². The number of benzene rings is 1. The molecule has 1 aromatic carbocycles. The van der Waals surface area contributed by atoms with E-state index >= 15 is 0 Å². The van der Waals surface area contributed by atoms with Crippen LogP contribution >= 0.6 is 0 Å². The first-order valence-corrected chi connectivity index (χ1v) is 7.98. The van der Waals surface area contributed by atoms with Gasteiger partial charge in [-0.3, -0.25) is 9.88 Å². The second-order valence-corrected chi connectivity index (χ2v) is 6.37. The second kappa shape index (κ2) is 6.12. The molecule has 1 fully saturated rings. The molecule has 112 valence electrons. The summed E-state index contributed by atoms with van der Waals surface area (Å²) in [6.45, 7) is 7.28. The molecule has 1 aliphatic heterocycles.